The molecule has 0 spiro atoms. The number of hydrogen-bond donors (Lipinski definition) is 1. The van der Waals surface area contributed by atoms with Crippen molar-refractivity contribution >= 4 is 41.7 Å². The number of pyridine rings is 1. The van der Waals surface area contributed by atoms with Gasteiger partial charge in [-0.05, 0) is 47.3 Å². The molecule has 7 heteroatoms. The van der Waals surface area contributed by atoms with Gasteiger partial charge < -0.3 is 14.6 Å². The van der Waals surface area contributed by atoms with Gasteiger partial charge in [0, 0.05) is 42.5 Å². The standard InChI is InChI=1S/C26H26N3O2PS/c1-2-32-31-22-8-4-7-21(16-22)28-23-9-10-27-24-17-25(33-26(23)24)20-6-3-5-19(15-20)18-29-11-13-30-14-12-29/h2-10,15-17,32H,1,11-14,18H2,(H,27,28). The average Bonchev–Trinajstić information content (AvgIpc) is 3.30. The smallest absolute Gasteiger partial charge is 0.125 e. The van der Waals surface area contributed by atoms with Crippen molar-refractivity contribution in [2.75, 3.05) is 31.6 Å². The van der Waals surface area contributed by atoms with E-state index in [0.29, 0.717) is 0 Å². The number of aromatic nitrogens is 1. The van der Waals surface area contributed by atoms with Crippen LogP contribution in [-0.4, -0.2) is 36.2 Å². The number of fused-ring (bicyclic) bond motifs is 1. The monoisotopic (exact) mass is 475 g/mol. The molecule has 4 aromatic rings. The molecule has 0 amide bonds. The molecule has 3 heterocycles. The summed E-state index contributed by atoms with van der Waals surface area (Å²) in [6.45, 7) is 8.30. The van der Waals surface area contributed by atoms with E-state index < -0.39 is 0 Å². The van der Waals surface area contributed by atoms with E-state index in [1.54, 1.807) is 17.2 Å². The van der Waals surface area contributed by atoms with E-state index in [0.717, 1.165) is 60.2 Å². The Labute approximate surface area is 199 Å². The predicted molar refractivity (Wildman–Crippen MR) is 140 cm³/mol. The van der Waals surface area contributed by atoms with Crippen LogP contribution >= 0.6 is 20.1 Å². The van der Waals surface area contributed by atoms with Crippen LogP contribution in [-0.2, 0) is 11.3 Å². The fourth-order valence-electron chi connectivity index (χ4n) is 3.92. The minimum Gasteiger partial charge on any atom is -0.473 e. The molecule has 5 rings (SSSR count). The van der Waals surface area contributed by atoms with Crippen molar-refractivity contribution in [2.45, 2.75) is 6.54 Å². The molecule has 5 nitrogen and oxygen atoms in total. The number of ether oxygens (including phenoxy) is 1. The highest BCUT2D eigenvalue weighted by Crippen LogP contribution is 2.38. The van der Waals surface area contributed by atoms with Gasteiger partial charge in [0.2, 0.25) is 0 Å². The van der Waals surface area contributed by atoms with Gasteiger partial charge in [-0.3, -0.25) is 9.88 Å². The number of hydrogen-bond acceptors (Lipinski definition) is 6. The topological polar surface area (TPSA) is 46.6 Å². The Morgan fingerprint density at radius 3 is 2.88 bits per heavy atom. The Kier molecular flexibility index (Phi) is 6.98. The van der Waals surface area contributed by atoms with Crippen LogP contribution in [0.4, 0.5) is 11.4 Å². The first-order chi connectivity index (χ1) is 16.3. The number of thiophene rings is 1. The number of rotatable bonds is 8. The second-order valence-corrected chi connectivity index (χ2v) is 9.75. The maximum Gasteiger partial charge on any atom is 0.125 e. The molecule has 0 saturated carbocycles. The molecule has 1 unspecified atom stereocenters. The highest BCUT2D eigenvalue weighted by molar-refractivity contribution is 7.36. The van der Waals surface area contributed by atoms with Crippen LogP contribution in [0.5, 0.6) is 5.75 Å². The van der Waals surface area contributed by atoms with Crippen LogP contribution in [0.1, 0.15) is 5.56 Å². The SMILES string of the molecule is C=CPOc1cccc(Nc2ccnc3cc(-c4cccc(CN5CCOCC5)c4)sc23)c1. The lowest BCUT2D eigenvalue weighted by atomic mass is 10.1. The molecule has 2 aromatic heterocycles. The molecule has 1 aliphatic heterocycles. The highest BCUT2D eigenvalue weighted by atomic mass is 32.1. The van der Waals surface area contributed by atoms with Crippen LogP contribution in [0.25, 0.3) is 20.7 Å². The van der Waals surface area contributed by atoms with Crippen LogP contribution in [0.2, 0.25) is 0 Å². The van der Waals surface area contributed by atoms with Gasteiger partial charge in [-0.25, -0.2) is 0 Å². The van der Waals surface area contributed by atoms with Crippen molar-refractivity contribution in [3.63, 3.8) is 0 Å². The third-order valence-electron chi connectivity index (χ3n) is 5.51. The Hall–Kier alpha value is -2.76. The zero-order valence-electron chi connectivity index (χ0n) is 18.3. The number of nitrogens with one attached hydrogen (secondary N) is 1. The van der Waals surface area contributed by atoms with Crippen molar-refractivity contribution in [2.24, 2.45) is 0 Å². The minimum atomic E-state index is 0.247. The van der Waals surface area contributed by atoms with Gasteiger partial charge in [0.15, 0.2) is 0 Å². The van der Waals surface area contributed by atoms with E-state index in [4.69, 9.17) is 9.26 Å². The molecule has 1 aliphatic rings. The molecule has 1 N–H and O–H groups in total. The summed E-state index contributed by atoms with van der Waals surface area (Å²) in [7, 11) is 0.247. The maximum atomic E-state index is 5.70. The summed E-state index contributed by atoms with van der Waals surface area (Å²) in [6, 6.07) is 21.0. The van der Waals surface area contributed by atoms with E-state index in [9.17, 15) is 0 Å². The second kappa shape index (κ2) is 10.4. The average molecular weight is 476 g/mol. The van der Waals surface area contributed by atoms with Gasteiger partial charge in [-0.2, -0.15) is 0 Å². The molecular weight excluding hydrogens is 449 g/mol. The molecule has 1 saturated heterocycles. The molecule has 0 radical (unpaired) electrons. The van der Waals surface area contributed by atoms with Gasteiger partial charge in [-0.15, -0.1) is 11.3 Å². The molecular formula is C26H26N3O2PS. The summed E-state index contributed by atoms with van der Waals surface area (Å²) in [4.78, 5) is 8.29. The third-order valence-corrected chi connectivity index (χ3v) is 7.23. The summed E-state index contributed by atoms with van der Waals surface area (Å²) in [5, 5.41) is 3.54. The van der Waals surface area contributed by atoms with E-state index >= 15 is 0 Å². The lowest BCUT2D eigenvalue weighted by Crippen LogP contribution is -2.35. The number of anilines is 2. The van der Waals surface area contributed by atoms with E-state index in [-0.39, 0.29) is 8.81 Å². The van der Waals surface area contributed by atoms with Gasteiger partial charge in [-0.1, -0.05) is 30.8 Å². The summed E-state index contributed by atoms with van der Waals surface area (Å²) in [5.74, 6) is 2.60. The molecule has 33 heavy (non-hydrogen) atoms. The van der Waals surface area contributed by atoms with Crippen LogP contribution in [0.15, 0.2) is 79.3 Å². The van der Waals surface area contributed by atoms with Crippen molar-refractivity contribution in [3.05, 3.63) is 84.8 Å². The normalized spacial score (nSPS) is 14.7. The zero-order chi connectivity index (χ0) is 22.5. The lowest BCUT2D eigenvalue weighted by molar-refractivity contribution is 0.0342. The Bertz CT molecular complexity index is 1250. The summed E-state index contributed by atoms with van der Waals surface area (Å²) < 4.78 is 12.3. The van der Waals surface area contributed by atoms with Crippen molar-refractivity contribution in [1.82, 2.24) is 9.88 Å². The first kappa shape index (κ1) is 22.1. The third kappa shape index (κ3) is 5.43. The van der Waals surface area contributed by atoms with Gasteiger partial charge in [0.25, 0.3) is 0 Å². The summed E-state index contributed by atoms with van der Waals surface area (Å²) >= 11 is 1.77. The fraction of sp³-hybridized carbons (Fsp3) is 0.192. The van der Waals surface area contributed by atoms with Crippen LogP contribution in [0, 0.1) is 0 Å². The fourth-order valence-corrected chi connectivity index (χ4v) is 5.35. The molecule has 0 aliphatic carbocycles. The van der Waals surface area contributed by atoms with Crippen LogP contribution < -0.4 is 9.84 Å². The van der Waals surface area contributed by atoms with Crippen molar-refractivity contribution in [3.8, 4) is 16.2 Å². The molecule has 1 atom stereocenters. The molecule has 1 fully saturated rings. The Morgan fingerprint density at radius 1 is 1.12 bits per heavy atom. The van der Waals surface area contributed by atoms with Crippen molar-refractivity contribution in [1.29, 1.82) is 0 Å². The van der Waals surface area contributed by atoms with Gasteiger partial charge >= 0.3 is 0 Å². The largest absolute Gasteiger partial charge is 0.473 e. The predicted octanol–water partition coefficient (Wildman–Crippen LogP) is 6.65. The number of benzene rings is 2. The van der Waals surface area contributed by atoms with E-state index in [2.05, 4.69) is 52.1 Å². The lowest BCUT2D eigenvalue weighted by Gasteiger charge is -2.26. The van der Waals surface area contributed by atoms with E-state index in [1.165, 1.54) is 16.0 Å². The zero-order valence-corrected chi connectivity index (χ0v) is 20.1. The van der Waals surface area contributed by atoms with Crippen molar-refractivity contribution < 1.29 is 9.26 Å². The number of morpholine rings is 1. The summed E-state index contributed by atoms with van der Waals surface area (Å²) in [6.07, 6.45) is 1.86. The maximum absolute atomic E-state index is 5.70. The number of nitrogens with zero attached hydrogens (tertiary/aromatic N) is 2. The Balaban J connectivity index is 1.39. The molecule has 0 bridgehead atoms. The van der Waals surface area contributed by atoms with Crippen LogP contribution in [0.3, 0.4) is 0 Å². The highest BCUT2D eigenvalue weighted by Gasteiger charge is 2.13. The van der Waals surface area contributed by atoms with Gasteiger partial charge in [0.1, 0.15) is 5.75 Å². The minimum absolute atomic E-state index is 0.247. The Morgan fingerprint density at radius 2 is 2.00 bits per heavy atom. The quantitative estimate of drug-likeness (QED) is 0.289. The first-order valence-corrected chi connectivity index (χ1v) is 12.8. The molecule has 168 valence electrons. The van der Waals surface area contributed by atoms with E-state index in [1.807, 2.05) is 36.5 Å². The first-order valence-electron chi connectivity index (χ1n) is 11.0. The second-order valence-electron chi connectivity index (χ2n) is 7.85. The molecule has 2 aromatic carbocycles. The van der Waals surface area contributed by atoms with Gasteiger partial charge in [0.05, 0.1) is 37.9 Å². The summed E-state index contributed by atoms with van der Waals surface area (Å²) in [5.41, 5.74) is 5.59.